The molecule has 0 bridgehead atoms. The summed E-state index contributed by atoms with van der Waals surface area (Å²) in [6, 6.07) is 11.1. The number of hydrogen-bond acceptors (Lipinski definition) is 3. The Morgan fingerprint density at radius 3 is 1.96 bits per heavy atom. The Bertz CT molecular complexity index is 758. The Labute approximate surface area is 147 Å². The van der Waals surface area contributed by atoms with Gasteiger partial charge in [0.2, 0.25) is 0 Å². The largest absolute Gasteiger partial charge is 0.508 e. The van der Waals surface area contributed by atoms with Gasteiger partial charge in [-0.2, -0.15) is 0 Å². The third-order valence-electron chi connectivity index (χ3n) is 5.60. The number of carboxylic acids is 1. The molecule has 2 aromatic rings. The second-order valence-corrected chi connectivity index (χ2v) is 7.22. The van der Waals surface area contributed by atoms with Crippen LogP contribution in [0.3, 0.4) is 0 Å². The molecule has 0 aliphatic heterocycles. The molecule has 0 aromatic heterocycles. The number of carboxylic acid groups (broad SMARTS) is 1. The lowest BCUT2D eigenvalue weighted by Crippen LogP contribution is -2.37. The van der Waals surface area contributed by atoms with Crippen LogP contribution in [-0.4, -0.2) is 21.3 Å². The number of rotatable bonds is 3. The lowest BCUT2D eigenvalue weighted by Gasteiger charge is -2.41. The monoisotopic (exact) mass is 340 g/mol. The molecule has 2 aromatic carbocycles. The molecule has 0 spiro atoms. The highest BCUT2D eigenvalue weighted by Gasteiger charge is 2.42. The van der Waals surface area contributed by atoms with E-state index in [-0.39, 0.29) is 11.5 Å². The average Bonchev–Trinajstić information content (AvgIpc) is 2.59. The summed E-state index contributed by atoms with van der Waals surface area (Å²) in [5, 5.41) is 29.4. The van der Waals surface area contributed by atoms with Crippen LogP contribution in [0.25, 0.3) is 0 Å². The SMILES string of the molecule is Cc1cc(C2(c3ccc(O)c(C)c3)CCCC(C(=O)O)C2)ccc1O. The van der Waals surface area contributed by atoms with Crippen molar-refractivity contribution in [3.63, 3.8) is 0 Å². The first-order chi connectivity index (χ1) is 11.8. The molecular weight excluding hydrogens is 316 g/mol. The molecule has 0 saturated heterocycles. The normalized spacial score (nSPS) is 19.5. The number of hydrogen-bond donors (Lipinski definition) is 3. The highest BCUT2D eigenvalue weighted by Crippen LogP contribution is 2.48. The first kappa shape index (κ1) is 17.3. The van der Waals surface area contributed by atoms with Gasteiger partial charge in [0.15, 0.2) is 0 Å². The van der Waals surface area contributed by atoms with Crippen LogP contribution >= 0.6 is 0 Å². The number of phenols is 2. The molecule has 4 nitrogen and oxygen atoms in total. The second kappa shape index (κ2) is 6.43. The van der Waals surface area contributed by atoms with Gasteiger partial charge in [0.05, 0.1) is 5.92 Å². The summed E-state index contributed by atoms with van der Waals surface area (Å²) in [4.78, 5) is 11.7. The number of phenolic OH excluding ortho intramolecular Hbond substituents is 2. The zero-order valence-corrected chi connectivity index (χ0v) is 14.6. The molecule has 4 heteroatoms. The van der Waals surface area contributed by atoms with E-state index in [4.69, 9.17) is 0 Å². The van der Waals surface area contributed by atoms with Crippen molar-refractivity contribution in [1.82, 2.24) is 0 Å². The molecule has 1 fully saturated rings. The molecule has 0 heterocycles. The molecule has 1 atom stereocenters. The van der Waals surface area contributed by atoms with Crippen LogP contribution in [0.15, 0.2) is 36.4 Å². The number of aromatic hydroxyl groups is 2. The first-order valence-corrected chi connectivity index (χ1v) is 8.66. The number of aliphatic carboxylic acids is 1. The molecule has 3 N–H and O–H groups in total. The van der Waals surface area contributed by atoms with E-state index in [1.165, 1.54) is 0 Å². The van der Waals surface area contributed by atoms with Gasteiger partial charge in [-0.3, -0.25) is 4.79 Å². The molecule has 1 aliphatic carbocycles. The van der Waals surface area contributed by atoms with Crippen LogP contribution < -0.4 is 0 Å². The first-order valence-electron chi connectivity index (χ1n) is 8.66. The summed E-state index contributed by atoms with van der Waals surface area (Å²) in [7, 11) is 0. The highest BCUT2D eigenvalue weighted by atomic mass is 16.4. The van der Waals surface area contributed by atoms with E-state index in [9.17, 15) is 20.1 Å². The van der Waals surface area contributed by atoms with Crippen molar-refractivity contribution < 1.29 is 20.1 Å². The van der Waals surface area contributed by atoms with Crippen LogP contribution in [0.1, 0.15) is 47.9 Å². The lowest BCUT2D eigenvalue weighted by molar-refractivity contribution is -0.143. The molecular formula is C21H24O4. The predicted octanol–water partition coefficient (Wildman–Crippen LogP) is 4.28. The summed E-state index contributed by atoms with van der Waals surface area (Å²) in [6.07, 6.45) is 2.89. The van der Waals surface area contributed by atoms with Gasteiger partial charge in [0, 0.05) is 5.41 Å². The molecule has 1 aliphatic rings. The standard InChI is InChI=1S/C21H24O4/c1-13-10-16(5-7-18(13)22)21(9-3-4-15(12-21)20(24)25)17-6-8-19(23)14(2)11-17/h5-8,10-11,15,22-23H,3-4,9,12H2,1-2H3,(H,24,25). The number of carbonyl (C=O) groups is 1. The van der Waals surface area contributed by atoms with Crippen LogP contribution in [-0.2, 0) is 10.2 Å². The molecule has 25 heavy (non-hydrogen) atoms. The molecule has 132 valence electrons. The van der Waals surface area contributed by atoms with E-state index >= 15 is 0 Å². The van der Waals surface area contributed by atoms with Gasteiger partial charge in [-0.1, -0.05) is 30.7 Å². The summed E-state index contributed by atoms with van der Waals surface area (Å²) < 4.78 is 0. The third kappa shape index (κ3) is 3.09. The lowest BCUT2D eigenvalue weighted by atomic mass is 9.62. The van der Waals surface area contributed by atoms with E-state index in [0.29, 0.717) is 12.8 Å². The van der Waals surface area contributed by atoms with Gasteiger partial charge in [0.1, 0.15) is 11.5 Å². The van der Waals surface area contributed by atoms with Crippen molar-refractivity contribution in [2.75, 3.05) is 0 Å². The predicted molar refractivity (Wildman–Crippen MR) is 96.1 cm³/mol. The Kier molecular flexibility index (Phi) is 4.46. The van der Waals surface area contributed by atoms with Crippen molar-refractivity contribution in [2.24, 2.45) is 5.92 Å². The molecule has 0 amide bonds. The van der Waals surface area contributed by atoms with Gasteiger partial charge in [-0.05, 0) is 67.5 Å². The number of benzene rings is 2. The fourth-order valence-electron chi connectivity index (χ4n) is 4.08. The Morgan fingerprint density at radius 1 is 1.00 bits per heavy atom. The number of aryl methyl sites for hydroxylation is 2. The van der Waals surface area contributed by atoms with Crippen LogP contribution in [0.5, 0.6) is 11.5 Å². The maximum absolute atomic E-state index is 11.7. The molecule has 3 rings (SSSR count). The molecule has 1 saturated carbocycles. The topological polar surface area (TPSA) is 77.8 Å². The van der Waals surface area contributed by atoms with Crippen molar-refractivity contribution in [2.45, 2.75) is 44.9 Å². The minimum absolute atomic E-state index is 0.242. The zero-order valence-electron chi connectivity index (χ0n) is 14.6. The van der Waals surface area contributed by atoms with Crippen LogP contribution in [0.2, 0.25) is 0 Å². The van der Waals surface area contributed by atoms with E-state index in [2.05, 4.69) is 0 Å². The minimum atomic E-state index is -0.755. The van der Waals surface area contributed by atoms with Gasteiger partial charge >= 0.3 is 5.97 Å². The Balaban J connectivity index is 2.18. The van der Waals surface area contributed by atoms with Gasteiger partial charge < -0.3 is 15.3 Å². The average molecular weight is 340 g/mol. The Morgan fingerprint density at radius 2 is 1.52 bits per heavy atom. The van der Waals surface area contributed by atoms with E-state index in [1.807, 2.05) is 38.1 Å². The quantitative estimate of drug-likeness (QED) is 0.779. The summed E-state index contributed by atoms with van der Waals surface area (Å²) in [5.74, 6) is -0.662. The summed E-state index contributed by atoms with van der Waals surface area (Å²) in [5.41, 5.74) is 3.20. The van der Waals surface area contributed by atoms with Crippen molar-refractivity contribution >= 4 is 5.97 Å². The van der Waals surface area contributed by atoms with Crippen molar-refractivity contribution in [1.29, 1.82) is 0 Å². The fourth-order valence-corrected chi connectivity index (χ4v) is 4.08. The van der Waals surface area contributed by atoms with Crippen molar-refractivity contribution in [3.05, 3.63) is 58.7 Å². The van der Waals surface area contributed by atoms with E-state index in [0.717, 1.165) is 35.1 Å². The second-order valence-electron chi connectivity index (χ2n) is 7.22. The zero-order chi connectivity index (χ0) is 18.2. The third-order valence-corrected chi connectivity index (χ3v) is 5.60. The van der Waals surface area contributed by atoms with E-state index in [1.54, 1.807) is 12.1 Å². The molecule has 1 unspecified atom stereocenters. The smallest absolute Gasteiger partial charge is 0.306 e. The van der Waals surface area contributed by atoms with E-state index < -0.39 is 17.3 Å². The van der Waals surface area contributed by atoms with Crippen molar-refractivity contribution in [3.8, 4) is 11.5 Å². The van der Waals surface area contributed by atoms with Crippen LogP contribution in [0.4, 0.5) is 0 Å². The molecule has 0 radical (unpaired) electrons. The van der Waals surface area contributed by atoms with Gasteiger partial charge in [0.25, 0.3) is 0 Å². The summed E-state index contributed by atoms with van der Waals surface area (Å²) in [6.45, 7) is 3.71. The Hall–Kier alpha value is -2.49. The van der Waals surface area contributed by atoms with Gasteiger partial charge in [-0.25, -0.2) is 0 Å². The minimum Gasteiger partial charge on any atom is -0.508 e. The fraction of sp³-hybridized carbons (Fsp3) is 0.381. The van der Waals surface area contributed by atoms with Crippen LogP contribution in [0, 0.1) is 19.8 Å². The highest BCUT2D eigenvalue weighted by molar-refractivity contribution is 5.70. The maximum Gasteiger partial charge on any atom is 0.306 e. The van der Waals surface area contributed by atoms with Gasteiger partial charge in [-0.15, -0.1) is 0 Å². The maximum atomic E-state index is 11.7. The summed E-state index contributed by atoms with van der Waals surface area (Å²) >= 11 is 0.